The molecule has 0 aromatic rings. The molecule has 33 heavy (non-hydrogen) atoms. The monoisotopic (exact) mass is 445 g/mol. The third-order valence-electron chi connectivity index (χ3n) is 9.18. The minimum Gasteiger partial charge on any atom is -0.388 e. The fraction of sp³-hybridized carbons (Fsp3) is 0.600. The van der Waals surface area contributed by atoms with Gasteiger partial charge in [0.2, 0.25) is 0 Å². The molecule has 0 aromatic heterocycles. The van der Waals surface area contributed by atoms with Crippen LogP contribution in [0.1, 0.15) is 53.4 Å². The molecule has 1 N–H and O–H groups in total. The Morgan fingerprint density at radius 2 is 2.00 bits per heavy atom. The van der Waals surface area contributed by atoms with Crippen molar-refractivity contribution in [3.05, 3.63) is 70.1 Å². The molecule has 7 atom stereocenters. The lowest BCUT2D eigenvalue weighted by Crippen LogP contribution is -2.47. The van der Waals surface area contributed by atoms with E-state index < -0.39 is 0 Å². The van der Waals surface area contributed by atoms with Gasteiger partial charge in [0.1, 0.15) is 12.6 Å². The average molecular weight is 446 g/mol. The van der Waals surface area contributed by atoms with E-state index in [2.05, 4.69) is 76.6 Å². The molecular weight excluding hydrogens is 404 g/mol. The number of nitrogens with one attached hydrogen (secondary N) is 1. The maximum atomic E-state index is 7.03. The Bertz CT molecular complexity index is 1040. The van der Waals surface area contributed by atoms with Crippen molar-refractivity contribution < 1.29 is 9.22 Å². The van der Waals surface area contributed by atoms with Crippen molar-refractivity contribution in [1.82, 2.24) is 5.32 Å². The smallest absolute Gasteiger partial charge is 0.138 e. The molecule has 3 nitrogen and oxygen atoms in total. The molecule has 7 unspecified atom stereocenters. The van der Waals surface area contributed by atoms with Gasteiger partial charge in [-0.15, -0.1) is 0 Å². The van der Waals surface area contributed by atoms with Gasteiger partial charge in [-0.25, -0.2) is 0 Å². The summed E-state index contributed by atoms with van der Waals surface area (Å²) in [5, 5.41) is 3.75. The van der Waals surface area contributed by atoms with E-state index in [1.54, 1.807) is 16.7 Å². The molecule has 4 heterocycles. The van der Waals surface area contributed by atoms with Gasteiger partial charge >= 0.3 is 0 Å². The van der Waals surface area contributed by atoms with E-state index in [1.807, 2.05) is 0 Å². The largest absolute Gasteiger partial charge is 0.388 e. The standard InChI is InChI=1S/C30H41N2O/c1-18(2)13-21-10-12-32(5)17-22-8-9-23-25-14-20(4)24(29-19(3)7-6-11-31-29)16-27(25)33-30(23)28(22)26(32)15-21/h8-10,12,14-15,18,23-27,30-31H,6-7,11,13,16-17H2,1-5H3/q+1. The Hall–Kier alpha value is -1.84. The molecule has 0 aromatic carbocycles. The van der Waals surface area contributed by atoms with Crippen LogP contribution >= 0.6 is 0 Å². The van der Waals surface area contributed by atoms with E-state index in [4.69, 9.17) is 4.74 Å². The normalized spacial score (nSPS) is 41.4. The second-order valence-corrected chi connectivity index (χ2v) is 12.1. The van der Waals surface area contributed by atoms with Crippen LogP contribution in [-0.4, -0.2) is 42.9 Å². The van der Waals surface area contributed by atoms with Gasteiger partial charge in [-0.2, -0.15) is 0 Å². The van der Waals surface area contributed by atoms with Gasteiger partial charge in [-0.3, -0.25) is 4.48 Å². The zero-order valence-corrected chi connectivity index (χ0v) is 21.1. The Balaban J connectivity index is 1.30. The van der Waals surface area contributed by atoms with Crippen LogP contribution in [0.25, 0.3) is 0 Å². The highest BCUT2D eigenvalue weighted by atomic mass is 16.5. The number of likely N-dealkylation sites (N-methyl/N-ethyl adjacent to an activating group) is 1. The number of nitrogens with zero attached hydrogens (tertiary/aromatic N) is 1. The van der Waals surface area contributed by atoms with Gasteiger partial charge in [0, 0.05) is 41.1 Å². The predicted octanol–water partition coefficient (Wildman–Crippen LogP) is 5.80. The second kappa shape index (κ2) is 7.85. The van der Waals surface area contributed by atoms with Gasteiger partial charge in [0.05, 0.1) is 25.5 Å². The van der Waals surface area contributed by atoms with E-state index in [0.29, 0.717) is 35.8 Å². The van der Waals surface area contributed by atoms with Crippen molar-refractivity contribution in [3.63, 3.8) is 0 Å². The van der Waals surface area contributed by atoms with E-state index in [1.165, 1.54) is 29.7 Å². The molecule has 6 rings (SSSR count). The molecule has 6 aliphatic rings. The van der Waals surface area contributed by atoms with E-state index >= 15 is 0 Å². The number of ether oxygens (including phenoxy) is 1. The van der Waals surface area contributed by atoms with Crippen LogP contribution < -0.4 is 5.32 Å². The highest BCUT2D eigenvalue weighted by molar-refractivity contribution is 5.46. The van der Waals surface area contributed by atoms with Crippen LogP contribution in [0.5, 0.6) is 0 Å². The summed E-state index contributed by atoms with van der Waals surface area (Å²) in [6.45, 7) is 11.5. The maximum absolute atomic E-state index is 7.03. The molecule has 3 heteroatoms. The Kier molecular flexibility index (Phi) is 5.16. The van der Waals surface area contributed by atoms with Gasteiger partial charge in [0.25, 0.3) is 0 Å². The van der Waals surface area contributed by atoms with E-state index in [-0.39, 0.29) is 6.10 Å². The topological polar surface area (TPSA) is 21.3 Å². The van der Waals surface area contributed by atoms with Crippen LogP contribution in [0.3, 0.4) is 0 Å². The lowest BCUT2D eigenvalue weighted by atomic mass is 9.71. The maximum Gasteiger partial charge on any atom is 0.138 e. The van der Waals surface area contributed by atoms with Crippen LogP contribution in [0.2, 0.25) is 0 Å². The first-order chi connectivity index (χ1) is 15.8. The third-order valence-corrected chi connectivity index (χ3v) is 9.18. The summed E-state index contributed by atoms with van der Waals surface area (Å²) in [5.74, 6) is 2.19. The van der Waals surface area contributed by atoms with E-state index in [0.717, 1.165) is 30.4 Å². The Labute approximate surface area is 200 Å². The van der Waals surface area contributed by atoms with Crippen molar-refractivity contribution in [2.75, 3.05) is 20.1 Å². The summed E-state index contributed by atoms with van der Waals surface area (Å²) in [6, 6.07) is 0.433. The van der Waals surface area contributed by atoms with Crippen molar-refractivity contribution >= 4 is 0 Å². The molecule has 0 bridgehead atoms. The van der Waals surface area contributed by atoms with Gasteiger partial charge in [-0.05, 0) is 63.2 Å². The molecule has 4 aliphatic heterocycles. The Morgan fingerprint density at radius 1 is 1.15 bits per heavy atom. The molecule has 0 saturated carbocycles. The molecule has 0 amide bonds. The fourth-order valence-corrected chi connectivity index (χ4v) is 7.56. The summed E-state index contributed by atoms with van der Waals surface area (Å²) in [4.78, 5) is 0. The van der Waals surface area contributed by atoms with Crippen LogP contribution in [0.15, 0.2) is 70.1 Å². The molecule has 176 valence electrons. The minimum absolute atomic E-state index is 0.241. The van der Waals surface area contributed by atoms with Gasteiger partial charge < -0.3 is 10.1 Å². The quantitative estimate of drug-likeness (QED) is 0.438. The van der Waals surface area contributed by atoms with Crippen molar-refractivity contribution in [2.24, 2.45) is 23.7 Å². The molecular formula is C30H41N2O+. The average Bonchev–Trinajstić information content (AvgIpc) is 3.27. The molecule has 2 aliphatic carbocycles. The number of allylic oxidation sites excluding steroid dienone is 4. The zero-order valence-electron chi connectivity index (χ0n) is 21.1. The predicted molar refractivity (Wildman–Crippen MR) is 135 cm³/mol. The lowest BCUT2D eigenvalue weighted by Gasteiger charge is -2.36. The molecule has 0 radical (unpaired) electrons. The highest BCUT2D eigenvalue weighted by Gasteiger charge is 2.55. The van der Waals surface area contributed by atoms with Gasteiger partial charge in [0.15, 0.2) is 0 Å². The molecule has 1 fully saturated rings. The first-order valence-corrected chi connectivity index (χ1v) is 13.3. The van der Waals surface area contributed by atoms with Crippen LogP contribution in [0, 0.1) is 23.7 Å². The molecule has 0 spiro atoms. The lowest BCUT2D eigenvalue weighted by molar-refractivity contribution is -0.863. The summed E-state index contributed by atoms with van der Waals surface area (Å²) in [6.07, 6.45) is 20.3. The SMILES string of the molecule is CC1=CC2C(CC1C1=C(C)CCCN1)OC1C3=C(C=CC12)C[N+]1(C)C=CC(CC(C)C)=CC31. The second-order valence-electron chi connectivity index (χ2n) is 12.1. The van der Waals surface area contributed by atoms with Crippen LogP contribution in [-0.2, 0) is 4.74 Å². The summed E-state index contributed by atoms with van der Waals surface area (Å²) in [7, 11) is 2.40. The summed E-state index contributed by atoms with van der Waals surface area (Å²) in [5.41, 5.74) is 9.20. The summed E-state index contributed by atoms with van der Waals surface area (Å²) >= 11 is 0. The Morgan fingerprint density at radius 3 is 2.79 bits per heavy atom. The zero-order chi connectivity index (χ0) is 22.9. The first kappa shape index (κ1) is 21.7. The summed E-state index contributed by atoms with van der Waals surface area (Å²) < 4.78 is 8.01. The number of quaternary nitrogens is 1. The highest BCUT2D eigenvalue weighted by Crippen LogP contribution is 2.52. The van der Waals surface area contributed by atoms with Crippen LogP contribution in [0.4, 0.5) is 0 Å². The number of hydrogen-bond acceptors (Lipinski definition) is 2. The van der Waals surface area contributed by atoms with E-state index in [9.17, 15) is 0 Å². The van der Waals surface area contributed by atoms with Crippen molar-refractivity contribution in [2.45, 2.75) is 71.6 Å². The third kappa shape index (κ3) is 3.46. The van der Waals surface area contributed by atoms with Crippen molar-refractivity contribution in [3.8, 4) is 0 Å². The molecule has 1 saturated heterocycles. The van der Waals surface area contributed by atoms with Crippen molar-refractivity contribution in [1.29, 1.82) is 0 Å². The first-order valence-electron chi connectivity index (χ1n) is 13.3. The number of fused-ring (bicyclic) bond motifs is 6. The number of rotatable bonds is 3. The van der Waals surface area contributed by atoms with Gasteiger partial charge in [-0.1, -0.05) is 43.2 Å². The minimum atomic E-state index is 0.241. The fourth-order valence-electron chi connectivity index (χ4n) is 7.56. The number of hydrogen-bond donors (Lipinski definition) is 1.